The molecular formula is C16H21N3O2. The number of hydrogen-bond acceptors (Lipinski definition) is 5. The molecule has 0 spiro atoms. The van der Waals surface area contributed by atoms with Gasteiger partial charge in [0.25, 0.3) is 0 Å². The number of aromatic nitrogens is 1. The van der Waals surface area contributed by atoms with Crippen molar-refractivity contribution in [2.45, 2.75) is 19.8 Å². The van der Waals surface area contributed by atoms with Crippen LogP contribution in [0.15, 0.2) is 24.3 Å². The number of fused-ring (bicyclic) bond motifs is 1. The van der Waals surface area contributed by atoms with E-state index in [0.717, 1.165) is 61.4 Å². The number of ether oxygens (including phenoxy) is 1. The van der Waals surface area contributed by atoms with E-state index in [1.165, 1.54) is 0 Å². The molecule has 2 heterocycles. The van der Waals surface area contributed by atoms with Gasteiger partial charge < -0.3 is 14.5 Å². The van der Waals surface area contributed by atoms with Gasteiger partial charge in [0, 0.05) is 42.5 Å². The Hall–Kier alpha value is -1.85. The molecule has 1 aliphatic heterocycles. The molecule has 1 aliphatic rings. The zero-order valence-electron chi connectivity index (χ0n) is 12.3. The fourth-order valence-corrected chi connectivity index (χ4v) is 2.71. The Morgan fingerprint density at radius 2 is 2.19 bits per heavy atom. The molecule has 0 radical (unpaired) electrons. The number of nitrogens with two attached hydrogens (primary N) is 1. The van der Waals surface area contributed by atoms with Gasteiger partial charge in [0.15, 0.2) is 5.75 Å². The highest BCUT2D eigenvalue weighted by atomic mass is 16.6. The smallest absolute Gasteiger partial charge is 0.158 e. The zero-order valence-corrected chi connectivity index (χ0v) is 12.3. The number of aryl methyl sites for hydroxylation is 1. The van der Waals surface area contributed by atoms with Crippen LogP contribution in [0.3, 0.4) is 0 Å². The zero-order chi connectivity index (χ0) is 14.7. The Kier molecular flexibility index (Phi) is 4.22. The van der Waals surface area contributed by atoms with Crippen molar-refractivity contribution in [3.05, 3.63) is 30.0 Å². The minimum absolute atomic E-state index is 0.685. The first-order valence-corrected chi connectivity index (χ1v) is 7.45. The Balaban J connectivity index is 2.02. The SMILES string of the molecule is CCc1cc(ON)c2cc(N3CCCOCC3)ccc2n1. The van der Waals surface area contributed by atoms with Gasteiger partial charge in [0.2, 0.25) is 0 Å². The predicted molar refractivity (Wildman–Crippen MR) is 83.6 cm³/mol. The minimum Gasteiger partial charge on any atom is -0.411 e. The Labute approximate surface area is 124 Å². The fraction of sp³-hybridized carbons (Fsp3) is 0.438. The topological polar surface area (TPSA) is 60.6 Å². The first-order valence-electron chi connectivity index (χ1n) is 7.45. The summed E-state index contributed by atoms with van der Waals surface area (Å²) >= 11 is 0. The summed E-state index contributed by atoms with van der Waals surface area (Å²) in [4.78, 5) is 12.0. The molecule has 1 aromatic carbocycles. The molecule has 1 saturated heterocycles. The molecule has 3 rings (SSSR count). The van der Waals surface area contributed by atoms with Crippen molar-refractivity contribution in [2.75, 3.05) is 31.2 Å². The number of nitrogens with zero attached hydrogens (tertiary/aromatic N) is 2. The number of rotatable bonds is 3. The lowest BCUT2D eigenvalue weighted by atomic mass is 10.1. The second kappa shape index (κ2) is 6.28. The molecule has 0 amide bonds. The van der Waals surface area contributed by atoms with Crippen molar-refractivity contribution in [3.63, 3.8) is 0 Å². The van der Waals surface area contributed by atoms with Gasteiger partial charge >= 0.3 is 0 Å². The molecule has 21 heavy (non-hydrogen) atoms. The van der Waals surface area contributed by atoms with Crippen LogP contribution < -0.4 is 15.6 Å². The van der Waals surface area contributed by atoms with Crippen molar-refractivity contribution in [1.82, 2.24) is 4.98 Å². The van der Waals surface area contributed by atoms with Crippen molar-refractivity contribution < 1.29 is 9.57 Å². The molecule has 0 bridgehead atoms. The third kappa shape index (κ3) is 2.94. The molecule has 1 aromatic heterocycles. The first kappa shape index (κ1) is 14.1. The predicted octanol–water partition coefficient (Wildman–Crippen LogP) is 2.28. The van der Waals surface area contributed by atoms with E-state index in [-0.39, 0.29) is 0 Å². The third-order valence-corrected chi connectivity index (χ3v) is 3.88. The molecule has 112 valence electrons. The van der Waals surface area contributed by atoms with E-state index in [9.17, 15) is 0 Å². The number of hydrogen-bond donors (Lipinski definition) is 1. The van der Waals surface area contributed by atoms with Gasteiger partial charge in [-0.25, -0.2) is 0 Å². The van der Waals surface area contributed by atoms with E-state index in [1.54, 1.807) is 0 Å². The van der Waals surface area contributed by atoms with Crippen LogP contribution in [0.5, 0.6) is 5.75 Å². The monoisotopic (exact) mass is 287 g/mol. The summed E-state index contributed by atoms with van der Waals surface area (Å²) < 4.78 is 5.51. The fourth-order valence-electron chi connectivity index (χ4n) is 2.71. The van der Waals surface area contributed by atoms with E-state index in [4.69, 9.17) is 15.5 Å². The third-order valence-electron chi connectivity index (χ3n) is 3.88. The van der Waals surface area contributed by atoms with Crippen molar-refractivity contribution in [1.29, 1.82) is 0 Å². The number of anilines is 1. The first-order chi connectivity index (χ1) is 10.3. The lowest BCUT2D eigenvalue weighted by Gasteiger charge is -2.22. The molecule has 0 saturated carbocycles. The quantitative estimate of drug-likeness (QED) is 0.878. The molecule has 0 aliphatic carbocycles. The molecule has 5 nitrogen and oxygen atoms in total. The van der Waals surface area contributed by atoms with Crippen LogP contribution >= 0.6 is 0 Å². The van der Waals surface area contributed by atoms with Gasteiger partial charge in [-0.1, -0.05) is 6.92 Å². The van der Waals surface area contributed by atoms with Crippen LogP contribution in [-0.2, 0) is 11.2 Å². The molecule has 2 N–H and O–H groups in total. The second-order valence-corrected chi connectivity index (χ2v) is 5.24. The van der Waals surface area contributed by atoms with E-state index in [0.29, 0.717) is 5.75 Å². The van der Waals surface area contributed by atoms with Crippen LogP contribution in [0.25, 0.3) is 10.9 Å². The summed E-state index contributed by atoms with van der Waals surface area (Å²) in [7, 11) is 0. The number of pyridine rings is 1. The summed E-state index contributed by atoms with van der Waals surface area (Å²) in [6.07, 6.45) is 1.91. The highest BCUT2D eigenvalue weighted by Gasteiger charge is 2.13. The van der Waals surface area contributed by atoms with E-state index in [1.807, 2.05) is 12.1 Å². The normalized spacial score (nSPS) is 16.0. The molecule has 2 aromatic rings. The van der Waals surface area contributed by atoms with Gasteiger partial charge in [-0.05, 0) is 31.0 Å². The second-order valence-electron chi connectivity index (χ2n) is 5.24. The van der Waals surface area contributed by atoms with E-state index >= 15 is 0 Å². The van der Waals surface area contributed by atoms with Crippen molar-refractivity contribution in [2.24, 2.45) is 5.90 Å². The summed E-state index contributed by atoms with van der Waals surface area (Å²) in [6.45, 7) is 5.59. The van der Waals surface area contributed by atoms with Crippen LogP contribution in [0.1, 0.15) is 19.0 Å². The molecule has 5 heteroatoms. The van der Waals surface area contributed by atoms with Gasteiger partial charge in [0.1, 0.15) is 0 Å². The summed E-state index contributed by atoms with van der Waals surface area (Å²) in [5, 5.41) is 0.956. The van der Waals surface area contributed by atoms with E-state index < -0.39 is 0 Å². The van der Waals surface area contributed by atoms with Crippen LogP contribution in [-0.4, -0.2) is 31.3 Å². The Morgan fingerprint density at radius 3 is 3.00 bits per heavy atom. The van der Waals surface area contributed by atoms with Gasteiger partial charge in [-0.15, -0.1) is 0 Å². The van der Waals surface area contributed by atoms with Crippen LogP contribution in [0, 0.1) is 0 Å². The van der Waals surface area contributed by atoms with Crippen LogP contribution in [0.4, 0.5) is 5.69 Å². The summed E-state index contributed by atoms with van der Waals surface area (Å²) in [6, 6.07) is 8.17. The minimum atomic E-state index is 0.685. The van der Waals surface area contributed by atoms with Crippen LogP contribution in [0.2, 0.25) is 0 Å². The molecule has 0 atom stereocenters. The Bertz CT molecular complexity index is 622. The largest absolute Gasteiger partial charge is 0.411 e. The highest BCUT2D eigenvalue weighted by molar-refractivity contribution is 5.88. The van der Waals surface area contributed by atoms with Gasteiger partial charge in [0.05, 0.1) is 12.1 Å². The molecule has 1 fully saturated rings. The average molecular weight is 287 g/mol. The molecular weight excluding hydrogens is 266 g/mol. The van der Waals surface area contributed by atoms with Gasteiger partial charge in [-0.3, -0.25) is 4.98 Å². The number of benzene rings is 1. The lowest BCUT2D eigenvalue weighted by molar-refractivity contribution is 0.152. The lowest BCUT2D eigenvalue weighted by Crippen LogP contribution is -2.25. The maximum absolute atomic E-state index is 5.51. The molecule has 0 unspecified atom stereocenters. The highest BCUT2D eigenvalue weighted by Crippen LogP contribution is 2.29. The van der Waals surface area contributed by atoms with E-state index in [2.05, 4.69) is 28.9 Å². The Morgan fingerprint density at radius 1 is 1.29 bits per heavy atom. The average Bonchev–Trinajstić information content (AvgIpc) is 2.82. The summed E-state index contributed by atoms with van der Waals surface area (Å²) in [5.41, 5.74) is 3.07. The van der Waals surface area contributed by atoms with Crippen molar-refractivity contribution >= 4 is 16.6 Å². The van der Waals surface area contributed by atoms with Crippen molar-refractivity contribution in [3.8, 4) is 5.75 Å². The summed E-state index contributed by atoms with van der Waals surface area (Å²) in [5.74, 6) is 6.12. The van der Waals surface area contributed by atoms with Gasteiger partial charge in [-0.2, -0.15) is 5.90 Å². The standard InChI is InChI=1S/C16H21N3O2/c1-2-12-10-16(21-17)14-11-13(4-5-15(14)18-12)19-6-3-8-20-9-7-19/h4-5,10-11H,2-3,6-9,17H2,1H3. The maximum Gasteiger partial charge on any atom is 0.158 e. The maximum atomic E-state index is 5.51.